The fourth-order valence-electron chi connectivity index (χ4n) is 2.27. The average molecular weight is 226 g/mol. The summed E-state index contributed by atoms with van der Waals surface area (Å²) in [6.07, 6.45) is 3.44. The van der Waals surface area contributed by atoms with Crippen LogP contribution in [0.4, 0.5) is 0 Å². The number of aliphatic hydroxyl groups is 1. The predicted octanol–water partition coefficient (Wildman–Crippen LogP) is 0.383. The predicted molar refractivity (Wildman–Crippen MR) is 64.1 cm³/mol. The van der Waals surface area contributed by atoms with Crippen molar-refractivity contribution >= 4 is 5.91 Å². The highest BCUT2D eigenvalue weighted by molar-refractivity contribution is 5.83. The Morgan fingerprint density at radius 3 is 2.88 bits per heavy atom. The fourth-order valence-corrected chi connectivity index (χ4v) is 2.27. The Bertz CT molecular complexity index is 247. The molecule has 1 amide bonds. The topological polar surface area (TPSA) is 52.6 Å². The van der Waals surface area contributed by atoms with E-state index in [0.29, 0.717) is 13.1 Å². The molecular formula is C12H22N2O2. The molecule has 1 fully saturated rings. The number of carbonyl (C=O) groups is 1. The maximum atomic E-state index is 12.4. The summed E-state index contributed by atoms with van der Waals surface area (Å²) >= 11 is 0. The summed E-state index contributed by atoms with van der Waals surface area (Å²) in [4.78, 5) is 14.1. The van der Waals surface area contributed by atoms with E-state index in [1.807, 2.05) is 0 Å². The van der Waals surface area contributed by atoms with Crippen molar-refractivity contribution in [3.63, 3.8) is 0 Å². The Hall–Kier alpha value is -0.870. The Labute approximate surface area is 97.3 Å². The van der Waals surface area contributed by atoms with Crippen LogP contribution in [0.2, 0.25) is 0 Å². The average Bonchev–Trinajstić information content (AvgIpc) is 2.77. The largest absolute Gasteiger partial charge is 0.395 e. The highest BCUT2D eigenvalue weighted by Crippen LogP contribution is 2.31. The van der Waals surface area contributed by atoms with Crippen molar-refractivity contribution in [3.8, 4) is 0 Å². The van der Waals surface area contributed by atoms with E-state index < -0.39 is 0 Å². The molecule has 0 saturated carbocycles. The number of amides is 1. The zero-order valence-electron chi connectivity index (χ0n) is 10.0. The highest BCUT2D eigenvalue weighted by atomic mass is 16.3. The van der Waals surface area contributed by atoms with Crippen molar-refractivity contribution < 1.29 is 9.90 Å². The molecule has 1 aliphatic heterocycles. The normalized spacial score (nSPS) is 24.4. The van der Waals surface area contributed by atoms with Crippen LogP contribution < -0.4 is 5.32 Å². The summed E-state index contributed by atoms with van der Waals surface area (Å²) in [5.74, 6) is 0.147. The lowest BCUT2D eigenvalue weighted by Crippen LogP contribution is -2.46. The highest BCUT2D eigenvalue weighted by Gasteiger charge is 2.41. The summed E-state index contributed by atoms with van der Waals surface area (Å²) in [6, 6.07) is 0. The van der Waals surface area contributed by atoms with Gasteiger partial charge in [0, 0.05) is 19.6 Å². The molecule has 0 bridgehead atoms. The van der Waals surface area contributed by atoms with Gasteiger partial charge in [0.15, 0.2) is 0 Å². The van der Waals surface area contributed by atoms with E-state index in [0.717, 1.165) is 25.9 Å². The maximum Gasteiger partial charge on any atom is 0.230 e. The van der Waals surface area contributed by atoms with Crippen molar-refractivity contribution in [1.82, 2.24) is 10.2 Å². The molecule has 1 atom stereocenters. The van der Waals surface area contributed by atoms with E-state index in [1.165, 1.54) is 0 Å². The molecule has 1 rings (SSSR count). The fraction of sp³-hybridized carbons (Fsp3) is 0.750. The number of nitrogens with one attached hydrogen (secondary N) is 1. The molecule has 4 heteroatoms. The molecule has 0 aromatic rings. The Balaban J connectivity index is 2.74. The minimum absolute atomic E-state index is 0.00675. The molecule has 0 aromatic heterocycles. The molecule has 1 aliphatic rings. The van der Waals surface area contributed by atoms with Gasteiger partial charge in [0.25, 0.3) is 0 Å². The standard InChI is InChI=1S/C12H22N2O2/c1-3-7-14(8-9-15)11(16)12(4-2)5-6-13-10-12/h3,13,15H,1,4-10H2,2H3. The minimum atomic E-state index is -0.266. The number of carbonyl (C=O) groups excluding carboxylic acids is 1. The van der Waals surface area contributed by atoms with Crippen LogP contribution in [-0.4, -0.2) is 48.7 Å². The van der Waals surface area contributed by atoms with Gasteiger partial charge in [0.2, 0.25) is 5.91 Å². The van der Waals surface area contributed by atoms with Gasteiger partial charge in [0.05, 0.1) is 12.0 Å². The van der Waals surface area contributed by atoms with Crippen LogP contribution in [0.15, 0.2) is 12.7 Å². The summed E-state index contributed by atoms with van der Waals surface area (Å²) in [6.45, 7) is 8.27. The van der Waals surface area contributed by atoms with Crippen molar-refractivity contribution in [2.24, 2.45) is 5.41 Å². The molecule has 92 valence electrons. The molecule has 16 heavy (non-hydrogen) atoms. The van der Waals surface area contributed by atoms with Gasteiger partial charge < -0.3 is 15.3 Å². The molecule has 1 heterocycles. The maximum absolute atomic E-state index is 12.4. The Morgan fingerprint density at radius 2 is 2.44 bits per heavy atom. The van der Waals surface area contributed by atoms with Crippen LogP contribution in [0.3, 0.4) is 0 Å². The second kappa shape index (κ2) is 6.01. The van der Waals surface area contributed by atoms with Gasteiger partial charge in [-0.2, -0.15) is 0 Å². The molecule has 0 radical (unpaired) electrons. The molecular weight excluding hydrogens is 204 g/mol. The molecule has 2 N–H and O–H groups in total. The summed E-state index contributed by atoms with van der Waals surface area (Å²) in [5.41, 5.74) is -0.266. The Kier molecular flexibility index (Phi) is 4.96. The van der Waals surface area contributed by atoms with Crippen LogP contribution in [0.1, 0.15) is 19.8 Å². The van der Waals surface area contributed by atoms with Crippen LogP contribution >= 0.6 is 0 Å². The van der Waals surface area contributed by atoms with Gasteiger partial charge >= 0.3 is 0 Å². The number of hydrogen-bond acceptors (Lipinski definition) is 3. The van der Waals surface area contributed by atoms with E-state index in [-0.39, 0.29) is 17.9 Å². The lowest BCUT2D eigenvalue weighted by molar-refractivity contribution is -0.141. The van der Waals surface area contributed by atoms with E-state index in [1.54, 1.807) is 11.0 Å². The van der Waals surface area contributed by atoms with E-state index in [9.17, 15) is 4.79 Å². The molecule has 0 spiro atoms. The lowest BCUT2D eigenvalue weighted by atomic mass is 9.82. The summed E-state index contributed by atoms with van der Waals surface area (Å²) in [5, 5.41) is 12.2. The van der Waals surface area contributed by atoms with Crippen LogP contribution in [0, 0.1) is 5.41 Å². The minimum Gasteiger partial charge on any atom is -0.395 e. The lowest BCUT2D eigenvalue weighted by Gasteiger charge is -2.32. The third-order valence-corrected chi connectivity index (χ3v) is 3.38. The number of rotatable bonds is 6. The third-order valence-electron chi connectivity index (χ3n) is 3.38. The van der Waals surface area contributed by atoms with Crippen molar-refractivity contribution in [3.05, 3.63) is 12.7 Å². The molecule has 4 nitrogen and oxygen atoms in total. The quantitative estimate of drug-likeness (QED) is 0.644. The van der Waals surface area contributed by atoms with E-state index in [4.69, 9.17) is 5.11 Å². The third kappa shape index (κ3) is 2.62. The molecule has 0 aliphatic carbocycles. The first kappa shape index (κ1) is 13.2. The second-order valence-corrected chi connectivity index (χ2v) is 4.32. The van der Waals surface area contributed by atoms with Crippen LogP contribution in [0.25, 0.3) is 0 Å². The van der Waals surface area contributed by atoms with Crippen LogP contribution in [0.5, 0.6) is 0 Å². The van der Waals surface area contributed by atoms with E-state index >= 15 is 0 Å². The van der Waals surface area contributed by atoms with Crippen molar-refractivity contribution in [2.45, 2.75) is 19.8 Å². The van der Waals surface area contributed by atoms with Gasteiger partial charge in [-0.05, 0) is 19.4 Å². The smallest absolute Gasteiger partial charge is 0.230 e. The zero-order valence-corrected chi connectivity index (χ0v) is 10.0. The first-order valence-corrected chi connectivity index (χ1v) is 5.92. The molecule has 0 aromatic carbocycles. The molecule has 1 unspecified atom stereocenters. The second-order valence-electron chi connectivity index (χ2n) is 4.32. The van der Waals surface area contributed by atoms with Crippen molar-refractivity contribution in [2.75, 3.05) is 32.8 Å². The summed E-state index contributed by atoms with van der Waals surface area (Å²) in [7, 11) is 0. The van der Waals surface area contributed by atoms with Gasteiger partial charge in [0.1, 0.15) is 0 Å². The number of aliphatic hydroxyl groups excluding tert-OH is 1. The number of nitrogens with zero attached hydrogens (tertiary/aromatic N) is 1. The van der Waals surface area contributed by atoms with Gasteiger partial charge in [-0.1, -0.05) is 13.0 Å². The SMILES string of the molecule is C=CCN(CCO)C(=O)C1(CC)CCNC1. The summed E-state index contributed by atoms with van der Waals surface area (Å²) < 4.78 is 0. The zero-order chi connectivity index (χ0) is 12.0. The van der Waals surface area contributed by atoms with Crippen molar-refractivity contribution in [1.29, 1.82) is 0 Å². The van der Waals surface area contributed by atoms with Gasteiger partial charge in [-0.15, -0.1) is 6.58 Å². The number of hydrogen-bond donors (Lipinski definition) is 2. The van der Waals surface area contributed by atoms with E-state index in [2.05, 4.69) is 18.8 Å². The molecule has 1 saturated heterocycles. The van der Waals surface area contributed by atoms with Crippen LogP contribution in [-0.2, 0) is 4.79 Å². The Morgan fingerprint density at radius 1 is 1.69 bits per heavy atom. The van der Waals surface area contributed by atoms with Gasteiger partial charge in [-0.25, -0.2) is 0 Å². The van der Waals surface area contributed by atoms with Gasteiger partial charge in [-0.3, -0.25) is 4.79 Å². The first-order chi connectivity index (χ1) is 7.70. The monoisotopic (exact) mass is 226 g/mol. The first-order valence-electron chi connectivity index (χ1n) is 5.92.